The molecule has 0 bridgehead atoms. The molecule has 0 atom stereocenters. The quantitative estimate of drug-likeness (QED) is 0.556. The van der Waals surface area contributed by atoms with E-state index in [9.17, 15) is 0 Å². The lowest BCUT2D eigenvalue weighted by Gasteiger charge is -2.14. The fourth-order valence-corrected chi connectivity index (χ4v) is 3.03. The Hall–Kier alpha value is -2.53. The first kappa shape index (κ1) is 20.8. The smallest absolute Gasteiger partial charge is 0.191 e. The molecule has 0 aliphatic heterocycles. The van der Waals surface area contributed by atoms with E-state index in [1.54, 1.807) is 14.2 Å². The minimum atomic E-state index is 0.745. The van der Waals surface area contributed by atoms with E-state index in [-0.39, 0.29) is 0 Å². The molecule has 0 saturated heterocycles. The molecule has 5 heteroatoms. The van der Waals surface area contributed by atoms with Gasteiger partial charge in [0.1, 0.15) is 5.75 Å². The van der Waals surface area contributed by atoms with Gasteiger partial charge >= 0.3 is 0 Å². The van der Waals surface area contributed by atoms with Crippen molar-refractivity contribution in [1.29, 1.82) is 0 Å². The Bertz CT molecular complexity index is 756. The SMILES string of the molecule is CN=C(NCCc1cc(C)ccc1OC)NCc1cccc(CN(C)C)c1. The highest BCUT2D eigenvalue weighted by atomic mass is 16.5. The Kier molecular flexibility index (Phi) is 8.14. The molecule has 2 aromatic carbocycles. The number of ether oxygens (including phenoxy) is 1. The number of aliphatic imine (C=N–C) groups is 1. The van der Waals surface area contributed by atoms with Gasteiger partial charge in [0.05, 0.1) is 7.11 Å². The summed E-state index contributed by atoms with van der Waals surface area (Å²) in [5.41, 5.74) is 5.01. The van der Waals surface area contributed by atoms with Gasteiger partial charge in [-0.15, -0.1) is 0 Å². The number of nitrogens with zero attached hydrogens (tertiary/aromatic N) is 2. The minimum absolute atomic E-state index is 0.745. The molecule has 0 aromatic heterocycles. The van der Waals surface area contributed by atoms with Crippen molar-refractivity contribution in [2.45, 2.75) is 26.4 Å². The minimum Gasteiger partial charge on any atom is -0.496 e. The zero-order chi connectivity index (χ0) is 19.6. The van der Waals surface area contributed by atoms with Gasteiger partial charge in [0.25, 0.3) is 0 Å². The lowest BCUT2D eigenvalue weighted by molar-refractivity contribution is 0.402. The van der Waals surface area contributed by atoms with Crippen molar-refractivity contribution < 1.29 is 4.74 Å². The number of nitrogens with one attached hydrogen (secondary N) is 2. The van der Waals surface area contributed by atoms with Crippen molar-refractivity contribution in [2.24, 2.45) is 4.99 Å². The second-order valence-corrected chi connectivity index (χ2v) is 6.98. The highest BCUT2D eigenvalue weighted by molar-refractivity contribution is 5.79. The molecule has 0 unspecified atom stereocenters. The molecule has 0 fully saturated rings. The Morgan fingerprint density at radius 1 is 1.07 bits per heavy atom. The first-order chi connectivity index (χ1) is 13.0. The molecule has 2 aromatic rings. The second kappa shape index (κ2) is 10.6. The maximum absolute atomic E-state index is 5.45. The molecule has 146 valence electrons. The third-order valence-electron chi connectivity index (χ3n) is 4.30. The van der Waals surface area contributed by atoms with Gasteiger partial charge in [-0.2, -0.15) is 0 Å². The summed E-state index contributed by atoms with van der Waals surface area (Å²) in [6.45, 7) is 4.58. The van der Waals surface area contributed by atoms with E-state index in [4.69, 9.17) is 4.74 Å². The van der Waals surface area contributed by atoms with Crippen molar-refractivity contribution >= 4 is 5.96 Å². The van der Waals surface area contributed by atoms with E-state index < -0.39 is 0 Å². The number of methoxy groups -OCH3 is 1. The van der Waals surface area contributed by atoms with E-state index in [0.29, 0.717) is 0 Å². The van der Waals surface area contributed by atoms with Crippen molar-refractivity contribution in [3.63, 3.8) is 0 Å². The molecule has 0 spiro atoms. The number of rotatable bonds is 8. The predicted molar refractivity (Wildman–Crippen MR) is 113 cm³/mol. The molecule has 0 amide bonds. The molecule has 5 nitrogen and oxygen atoms in total. The third-order valence-corrected chi connectivity index (χ3v) is 4.30. The normalized spacial score (nSPS) is 11.6. The van der Waals surface area contributed by atoms with Crippen LogP contribution in [0, 0.1) is 6.92 Å². The topological polar surface area (TPSA) is 48.9 Å². The summed E-state index contributed by atoms with van der Waals surface area (Å²) in [6.07, 6.45) is 0.879. The standard InChI is InChI=1S/C22H32N4O/c1-17-9-10-21(27-5)20(13-17)11-12-24-22(23-2)25-15-18-7-6-8-19(14-18)16-26(3)4/h6-10,13-14H,11-12,15-16H2,1-5H3,(H2,23,24,25). The molecule has 2 N–H and O–H groups in total. The molecule has 0 aliphatic rings. The van der Waals surface area contributed by atoms with Crippen molar-refractivity contribution in [1.82, 2.24) is 15.5 Å². The first-order valence-electron chi connectivity index (χ1n) is 9.32. The largest absolute Gasteiger partial charge is 0.496 e. The highest BCUT2D eigenvalue weighted by Gasteiger charge is 2.05. The van der Waals surface area contributed by atoms with Gasteiger partial charge in [0.15, 0.2) is 5.96 Å². The molecule has 27 heavy (non-hydrogen) atoms. The number of hydrogen-bond acceptors (Lipinski definition) is 3. The second-order valence-electron chi connectivity index (χ2n) is 6.98. The fraction of sp³-hybridized carbons (Fsp3) is 0.409. The van der Waals surface area contributed by atoms with E-state index in [1.165, 1.54) is 22.3 Å². The van der Waals surface area contributed by atoms with Gasteiger partial charge < -0.3 is 20.3 Å². The maximum Gasteiger partial charge on any atom is 0.191 e. The predicted octanol–water partition coefficient (Wildman–Crippen LogP) is 2.97. The number of hydrogen-bond donors (Lipinski definition) is 2. The van der Waals surface area contributed by atoms with E-state index in [2.05, 4.69) is 77.9 Å². The summed E-state index contributed by atoms with van der Waals surface area (Å²) in [4.78, 5) is 6.49. The zero-order valence-electron chi connectivity index (χ0n) is 17.2. The van der Waals surface area contributed by atoms with Crippen LogP contribution in [0.15, 0.2) is 47.5 Å². The van der Waals surface area contributed by atoms with Crippen LogP contribution >= 0.6 is 0 Å². The average molecular weight is 369 g/mol. The van der Waals surface area contributed by atoms with Gasteiger partial charge in [0, 0.05) is 26.7 Å². The van der Waals surface area contributed by atoms with Crippen LogP contribution in [0.1, 0.15) is 22.3 Å². The Balaban J connectivity index is 1.85. The van der Waals surface area contributed by atoms with Crippen molar-refractivity contribution in [2.75, 3.05) is 34.8 Å². The fourth-order valence-electron chi connectivity index (χ4n) is 3.03. The van der Waals surface area contributed by atoms with Crippen LogP contribution in [0.2, 0.25) is 0 Å². The first-order valence-corrected chi connectivity index (χ1v) is 9.32. The van der Waals surface area contributed by atoms with Crippen LogP contribution < -0.4 is 15.4 Å². The lowest BCUT2D eigenvalue weighted by Crippen LogP contribution is -2.37. The van der Waals surface area contributed by atoms with Crippen LogP contribution in [0.4, 0.5) is 0 Å². The van der Waals surface area contributed by atoms with Crippen LogP contribution in [0.3, 0.4) is 0 Å². The van der Waals surface area contributed by atoms with E-state index >= 15 is 0 Å². The summed E-state index contributed by atoms with van der Waals surface area (Å²) >= 11 is 0. The van der Waals surface area contributed by atoms with E-state index in [1.807, 2.05) is 6.07 Å². The van der Waals surface area contributed by atoms with Crippen LogP contribution in [0.5, 0.6) is 5.75 Å². The lowest BCUT2D eigenvalue weighted by atomic mass is 10.1. The Labute approximate surface area is 163 Å². The molecule has 0 radical (unpaired) electrons. The zero-order valence-corrected chi connectivity index (χ0v) is 17.2. The van der Waals surface area contributed by atoms with Crippen molar-refractivity contribution in [3.8, 4) is 5.75 Å². The number of guanidine groups is 1. The monoisotopic (exact) mass is 368 g/mol. The summed E-state index contributed by atoms with van der Waals surface area (Å²) in [7, 11) is 7.68. The van der Waals surface area contributed by atoms with Gasteiger partial charge in [0.2, 0.25) is 0 Å². The molecular formula is C22H32N4O. The highest BCUT2D eigenvalue weighted by Crippen LogP contribution is 2.19. The molecule has 0 saturated carbocycles. The number of benzene rings is 2. The summed E-state index contributed by atoms with van der Waals surface area (Å²) in [5.74, 6) is 1.74. The molecule has 0 heterocycles. The van der Waals surface area contributed by atoms with Gasteiger partial charge in [-0.3, -0.25) is 4.99 Å². The van der Waals surface area contributed by atoms with Crippen LogP contribution in [-0.4, -0.2) is 45.7 Å². The number of aryl methyl sites for hydroxylation is 1. The Morgan fingerprint density at radius 3 is 2.56 bits per heavy atom. The molecule has 0 aliphatic carbocycles. The Morgan fingerprint density at radius 2 is 1.85 bits per heavy atom. The van der Waals surface area contributed by atoms with Crippen LogP contribution in [-0.2, 0) is 19.5 Å². The maximum atomic E-state index is 5.45. The van der Waals surface area contributed by atoms with Crippen LogP contribution in [0.25, 0.3) is 0 Å². The third kappa shape index (κ3) is 6.94. The van der Waals surface area contributed by atoms with Gasteiger partial charge in [-0.1, -0.05) is 42.0 Å². The molecule has 2 rings (SSSR count). The van der Waals surface area contributed by atoms with Gasteiger partial charge in [-0.05, 0) is 50.2 Å². The van der Waals surface area contributed by atoms with Crippen molar-refractivity contribution in [3.05, 3.63) is 64.7 Å². The molecular weight excluding hydrogens is 336 g/mol. The summed E-state index contributed by atoms with van der Waals surface area (Å²) in [5, 5.41) is 6.77. The van der Waals surface area contributed by atoms with Gasteiger partial charge in [-0.25, -0.2) is 0 Å². The summed E-state index contributed by atoms with van der Waals surface area (Å²) in [6, 6.07) is 14.9. The summed E-state index contributed by atoms with van der Waals surface area (Å²) < 4.78 is 5.45. The average Bonchev–Trinajstić information content (AvgIpc) is 2.64. The van der Waals surface area contributed by atoms with E-state index in [0.717, 1.165) is 37.8 Å².